The number of phosphoric acid groups is 1. The van der Waals surface area contributed by atoms with E-state index in [0.717, 1.165) is 13.4 Å². The van der Waals surface area contributed by atoms with Crippen LogP contribution in [0.5, 0.6) is 0 Å². The molecule has 0 spiro atoms. The van der Waals surface area contributed by atoms with Crippen LogP contribution >= 0.6 is 7.82 Å². The maximum atomic E-state index is 8.55. The first-order chi connectivity index (χ1) is 24.7. The summed E-state index contributed by atoms with van der Waals surface area (Å²) >= 11 is 0. The minimum Gasteiger partial charge on any atom is -0.822 e. The molecule has 0 aliphatic carbocycles. The third-order valence-corrected chi connectivity index (χ3v) is 9.55. The van der Waals surface area contributed by atoms with Gasteiger partial charge >= 0.3 is 0 Å². The van der Waals surface area contributed by atoms with E-state index in [9.17, 15) is 0 Å². The van der Waals surface area contributed by atoms with Crippen molar-refractivity contribution in [2.24, 2.45) is 0 Å². The zero-order chi connectivity index (χ0) is 41.3. The molecular formula is C45H102N3O4P. The van der Waals surface area contributed by atoms with E-state index in [1.54, 1.807) is 0 Å². The second-order valence-electron chi connectivity index (χ2n) is 19.0. The van der Waals surface area contributed by atoms with Crippen LogP contribution < -0.4 is 14.7 Å². The molecule has 0 radical (unpaired) electrons. The van der Waals surface area contributed by atoms with Gasteiger partial charge in [0.2, 0.25) is 0 Å². The standard InChI is InChI=1S/3C15H34N.H3O4P/c3*1-5-6-7-8-9-10-11-12-13-14-15-16(2,3)4;1-5(2,3)4/h3*5-15H2,1-4H3;(H3,1,2,3,4)/q3*+1;/p-3. The molecule has 0 aromatic heterocycles. The fourth-order valence-electron chi connectivity index (χ4n) is 6.22. The highest BCUT2D eigenvalue weighted by Crippen LogP contribution is 2.13. The van der Waals surface area contributed by atoms with Crippen molar-refractivity contribution in [3.63, 3.8) is 0 Å². The van der Waals surface area contributed by atoms with E-state index in [2.05, 4.69) is 84.2 Å². The van der Waals surface area contributed by atoms with Crippen molar-refractivity contribution in [1.29, 1.82) is 0 Å². The molecule has 53 heavy (non-hydrogen) atoms. The van der Waals surface area contributed by atoms with Gasteiger partial charge < -0.3 is 32.7 Å². The molecule has 8 heteroatoms. The van der Waals surface area contributed by atoms with Crippen molar-refractivity contribution in [3.8, 4) is 0 Å². The Balaban J connectivity index is -0.000000318. The van der Waals surface area contributed by atoms with Gasteiger partial charge in [0, 0.05) is 0 Å². The molecule has 0 aliphatic rings. The van der Waals surface area contributed by atoms with E-state index in [-0.39, 0.29) is 0 Å². The first-order valence-corrected chi connectivity index (χ1v) is 24.3. The van der Waals surface area contributed by atoms with Crippen LogP contribution in [0.3, 0.4) is 0 Å². The summed E-state index contributed by atoms with van der Waals surface area (Å²) in [6, 6.07) is 0. The number of nitrogens with zero attached hydrogens (tertiary/aromatic N) is 3. The largest absolute Gasteiger partial charge is 0.822 e. The molecule has 0 rings (SSSR count). The van der Waals surface area contributed by atoms with Gasteiger partial charge in [0.05, 0.1) is 83.1 Å². The molecule has 0 amide bonds. The molecule has 0 aromatic rings. The number of unbranched alkanes of at least 4 members (excludes halogenated alkanes) is 27. The summed E-state index contributed by atoms with van der Waals surface area (Å²) in [5.74, 6) is 0. The van der Waals surface area contributed by atoms with Gasteiger partial charge in [0.1, 0.15) is 0 Å². The van der Waals surface area contributed by atoms with Gasteiger partial charge in [-0.3, -0.25) is 0 Å². The number of quaternary nitrogens is 3. The summed E-state index contributed by atoms with van der Waals surface area (Å²) in [4.78, 5) is 25.6. The fraction of sp³-hybridized carbons (Fsp3) is 1.00. The van der Waals surface area contributed by atoms with Gasteiger partial charge in [-0.05, 0) is 38.5 Å². The average Bonchev–Trinajstić information content (AvgIpc) is 3.02. The van der Waals surface area contributed by atoms with Crippen molar-refractivity contribution >= 4 is 7.82 Å². The zero-order valence-electron chi connectivity index (χ0n) is 38.8. The fourth-order valence-corrected chi connectivity index (χ4v) is 6.22. The first kappa shape index (κ1) is 59.7. The second-order valence-corrected chi connectivity index (χ2v) is 19.9. The zero-order valence-corrected chi connectivity index (χ0v) is 39.7. The third kappa shape index (κ3) is 85.5. The lowest BCUT2D eigenvalue weighted by molar-refractivity contribution is -0.870. The number of hydrogen-bond donors (Lipinski definition) is 0. The molecule has 7 nitrogen and oxygen atoms in total. The summed E-state index contributed by atoms with van der Waals surface area (Å²) in [5.41, 5.74) is 0. The van der Waals surface area contributed by atoms with E-state index in [1.165, 1.54) is 212 Å². The third-order valence-electron chi connectivity index (χ3n) is 9.55. The van der Waals surface area contributed by atoms with Crippen molar-refractivity contribution in [3.05, 3.63) is 0 Å². The molecule has 0 bridgehead atoms. The Morgan fingerprint density at radius 3 is 0.509 bits per heavy atom. The Bertz CT molecular complexity index is 638. The van der Waals surface area contributed by atoms with Crippen LogP contribution in [0.4, 0.5) is 0 Å². The van der Waals surface area contributed by atoms with Crippen molar-refractivity contribution < 1.29 is 32.7 Å². The normalized spacial score (nSPS) is 12.0. The van der Waals surface area contributed by atoms with Crippen LogP contribution in [-0.2, 0) is 4.57 Å². The molecule has 0 saturated carbocycles. The molecule has 0 N–H and O–H groups in total. The van der Waals surface area contributed by atoms with Crippen molar-refractivity contribution in [2.45, 2.75) is 213 Å². The highest BCUT2D eigenvalue weighted by Gasteiger charge is 2.06. The summed E-state index contributed by atoms with van der Waals surface area (Å²) in [6.07, 6.45) is 43.2. The summed E-state index contributed by atoms with van der Waals surface area (Å²) in [7, 11) is 15.2. The van der Waals surface area contributed by atoms with Gasteiger partial charge in [-0.2, -0.15) is 7.82 Å². The predicted octanol–water partition coefficient (Wildman–Crippen LogP) is 11.0. The summed E-state index contributed by atoms with van der Waals surface area (Å²) < 4.78 is 11.9. The van der Waals surface area contributed by atoms with Crippen molar-refractivity contribution in [1.82, 2.24) is 0 Å². The molecule has 0 saturated heterocycles. The number of hydrogen-bond acceptors (Lipinski definition) is 4. The van der Waals surface area contributed by atoms with Crippen molar-refractivity contribution in [2.75, 3.05) is 83.1 Å². The molecule has 0 atom stereocenters. The lowest BCUT2D eigenvalue weighted by Gasteiger charge is -2.36. The van der Waals surface area contributed by atoms with Crippen LogP contribution in [0.1, 0.15) is 213 Å². The molecular weight excluding hydrogens is 677 g/mol. The minimum absolute atomic E-state index is 1.12. The molecule has 0 fully saturated rings. The molecule has 0 aliphatic heterocycles. The monoisotopic (exact) mass is 780 g/mol. The molecule has 0 heterocycles. The smallest absolute Gasteiger partial charge is 0.0780 e. The van der Waals surface area contributed by atoms with E-state index in [0.29, 0.717) is 0 Å². The SMILES string of the molecule is CCCCCCCCCCCC[N+](C)(C)C.CCCCCCCCCCCC[N+](C)(C)C.CCCCCCCCCCCC[N+](C)(C)C.O=P([O-])([O-])[O-]. The minimum atomic E-state index is -5.39. The van der Waals surface area contributed by atoms with Gasteiger partial charge in [0.15, 0.2) is 0 Å². The Labute approximate surface area is 336 Å². The first-order valence-electron chi connectivity index (χ1n) is 22.8. The lowest BCUT2D eigenvalue weighted by Crippen LogP contribution is -2.35. The van der Waals surface area contributed by atoms with Crippen LogP contribution in [0.25, 0.3) is 0 Å². The van der Waals surface area contributed by atoms with Crippen LogP contribution in [-0.4, -0.2) is 96.5 Å². The average molecular weight is 780 g/mol. The van der Waals surface area contributed by atoms with Gasteiger partial charge in [-0.15, -0.1) is 0 Å². The van der Waals surface area contributed by atoms with Crippen LogP contribution in [0, 0.1) is 0 Å². The maximum Gasteiger partial charge on any atom is 0.0780 e. The van der Waals surface area contributed by atoms with E-state index in [1.807, 2.05) is 0 Å². The van der Waals surface area contributed by atoms with Crippen LogP contribution in [0.15, 0.2) is 0 Å². The second kappa shape index (κ2) is 41.6. The Kier molecular flexibility index (Phi) is 46.9. The predicted molar refractivity (Wildman–Crippen MR) is 232 cm³/mol. The van der Waals surface area contributed by atoms with Gasteiger partial charge in [-0.25, -0.2) is 0 Å². The topological polar surface area (TPSA) is 86.2 Å². The van der Waals surface area contributed by atoms with Crippen LogP contribution in [0.2, 0.25) is 0 Å². The van der Waals surface area contributed by atoms with E-state index >= 15 is 0 Å². The maximum absolute atomic E-state index is 8.55. The number of rotatable bonds is 33. The van der Waals surface area contributed by atoms with Gasteiger partial charge in [-0.1, -0.05) is 175 Å². The Morgan fingerprint density at radius 1 is 0.283 bits per heavy atom. The molecule has 326 valence electrons. The summed E-state index contributed by atoms with van der Waals surface area (Å²) in [5, 5.41) is 0. The highest BCUT2D eigenvalue weighted by atomic mass is 31.2. The Hall–Kier alpha value is -0.0100. The highest BCUT2D eigenvalue weighted by molar-refractivity contribution is 7.40. The molecule has 0 unspecified atom stereocenters. The lowest BCUT2D eigenvalue weighted by atomic mass is 10.1. The molecule has 0 aromatic carbocycles. The Morgan fingerprint density at radius 2 is 0.396 bits per heavy atom. The van der Waals surface area contributed by atoms with E-state index < -0.39 is 7.82 Å². The quantitative estimate of drug-likeness (QED) is 0.0377. The summed E-state index contributed by atoms with van der Waals surface area (Å²) in [6.45, 7) is 10.8. The van der Waals surface area contributed by atoms with Gasteiger partial charge in [0.25, 0.3) is 0 Å². The van der Waals surface area contributed by atoms with E-state index in [4.69, 9.17) is 19.2 Å².